The second-order valence-corrected chi connectivity index (χ2v) is 7.01. The molecule has 0 aromatic carbocycles. The van der Waals surface area contributed by atoms with E-state index in [1.165, 1.54) is 6.39 Å². The molecule has 2 N–H and O–H groups in total. The van der Waals surface area contributed by atoms with Gasteiger partial charge in [-0.2, -0.15) is 0 Å². The highest BCUT2D eigenvalue weighted by atomic mass is 16.3. The van der Waals surface area contributed by atoms with Gasteiger partial charge in [0.15, 0.2) is 12.1 Å². The zero-order valence-corrected chi connectivity index (χ0v) is 14.8. The number of amides is 1. The maximum atomic E-state index is 12.3. The quantitative estimate of drug-likeness (QED) is 0.830. The second-order valence-electron chi connectivity index (χ2n) is 7.01. The monoisotopic (exact) mass is 357 g/mol. The normalized spacial score (nSPS) is 25.2. The van der Waals surface area contributed by atoms with Gasteiger partial charge in [0.05, 0.1) is 6.10 Å². The van der Waals surface area contributed by atoms with Gasteiger partial charge in [-0.15, -0.1) is 0 Å². The first-order valence-corrected chi connectivity index (χ1v) is 9.12. The molecule has 1 aliphatic heterocycles. The summed E-state index contributed by atoms with van der Waals surface area (Å²) in [5.41, 5.74) is 1.38. The van der Waals surface area contributed by atoms with E-state index < -0.39 is 0 Å². The Morgan fingerprint density at radius 1 is 1.38 bits per heavy atom. The van der Waals surface area contributed by atoms with E-state index in [1.54, 1.807) is 6.33 Å². The molecule has 0 radical (unpaired) electrons. The van der Waals surface area contributed by atoms with Crippen molar-refractivity contribution in [1.82, 2.24) is 20.3 Å². The van der Waals surface area contributed by atoms with Gasteiger partial charge < -0.3 is 19.7 Å². The first-order chi connectivity index (χ1) is 12.6. The maximum Gasteiger partial charge on any atom is 0.273 e. The van der Waals surface area contributed by atoms with Crippen LogP contribution in [-0.2, 0) is 6.42 Å². The Kier molecular flexibility index (Phi) is 4.58. The van der Waals surface area contributed by atoms with Crippen molar-refractivity contribution in [3.63, 3.8) is 0 Å². The molecule has 1 amide bonds. The van der Waals surface area contributed by atoms with Gasteiger partial charge in [-0.25, -0.2) is 15.0 Å². The third-order valence-corrected chi connectivity index (χ3v) is 5.23. The Bertz CT molecular complexity index is 787. The molecule has 2 fully saturated rings. The summed E-state index contributed by atoms with van der Waals surface area (Å²) in [7, 11) is 0. The molecule has 2 aromatic heterocycles. The van der Waals surface area contributed by atoms with Crippen molar-refractivity contribution >= 4 is 11.7 Å². The molecule has 1 atom stereocenters. The predicted molar refractivity (Wildman–Crippen MR) is 94.0 cm³/mol. The van der Waals surface area contributed by atoms with Crippen molar-refractivity contribution in [3.05, 3.63) is 35.9 Å². The minimum atomic E-state index is -0.277. The SMILES string of the molecule is CCc1ocnc1C(=O)NC1CC(c2cc(N3CCC(O)C3)ncn2)C1. The van der Waals surface area contributed by atoms with Gasteiger partial charge in [0.2, 0.25) is 0 Å². The first kappa shape index (κ1) is 17.0. The highest BCUT2D eigenvalue weighted by molar-refractivity contribution is 5.93. The largest absolute Gasteiger partial charge is 0.448 e. The lowest BCUT2D eigenvalue weighted by molar-refractivity contribution is 0.0901. The molecule has 1 saturated carbocycles. The molecular formula is C18H23N5O3. The average Bonchev–Trinajstić information content (AvgIpc) is 3.26. The summed E-state index contributed by atoms with van der Waals surface area (Å²) in [4.78, 5) is 27.1. The molecule has 8 heteroatoms. The van der Waals surface area contributed by atoms with E-state index in [9.17, 15) is 9.90 Å². The van der Waals surface area contributed by atoms with Crippen LogP contribution < -0.4 is 10.2 Å². The molecule has 0 bridgehead atoms. The Morgan fingerprint density at radius 3 is 2.96 bits per heavy atom. The van der Waals surface area contributed by atoms with Gasteiger partial charge >= 0.3 is 0 Å². The molecule has 26 heavy (non-hydrogen) atoms. The van der Waals surface area contributed by atoms with Gasteiger partial charge in [-0.1, -0.05) is 6.92 Å². The fourth-order valence-corrected chi connectivity index (χ4v) is 3.65. The lowest BCUT2D eigenvalue weighted by atomic mass is 9.78. The fourth-order valence-electron chi connectivity index (χ4n) is 3.65. The number of aryl methyl sites for hydroxylation is 1. The number of rotatable bonds is 5. The van der Waals surface area contributed by atoms with Crippen LogP contribution in [0.4, 0.5) is 5.82 Å². The standard InChI is InChI=1S/C18H23N5O3/c1-2-15-17(21-10-26-15)18(25)22-12-5-11(6-12)14-7-16(20-9-19-14)23-4-3-13(24)8-23/h7,9-13,24H,2-6,8H2,1H3,(H,22,25). The Balaban J connectivity index is 1.34. The summed E-state index contributed by atoms with van der Waals surface area (Å²) in [5, 5.41) is 12.7. The van der Waals surface area contributed by atoms with E-state index in [1.807, 2.05) is 13.0 Å². The van der Waals surface area contributed by atoms with Crippen LogP contribution in [0.25, 0.3) is 0 Å². The summed E-state index contributed by atoms with van der Waals surface area (Å²) >= 11 is 0. The van der Waals surface area contributed by atoms with Crippen LogP contribution in [0.1, 0.15) is 54.0 Å². The molecule has 4 rings (SSSR count). The molecule has 8 nitrogen and oxygen atoms in total. The molecule has 1 unspecified atom stereocenters. The lowest BCUT2D eigenvalue weighted by Gasteiger charge is -2.35. The van der Waals surface area contributed by atoms with Crippen molar-refractivity contribution in [3.8, 4) is 0 Å². The summed E-state index contributed by atoms with van der Waals surface area (Å²) in [6.07, 6.45) is 5.75. The van der Waals surface area contributed by atoms with Crippen LogP contribution in [0.5, 0.6) is 0 Å². The lowest BCUT2D eigenvalue weighted by Crippen LogP contribution is -2.44. The van der Waals surface area contributed by atoms with Gasteiger partial charge in [0.1, 0.15) is 17.9 Å². The fraction of sp³-hybridized carbons (Fsp3) is 0.556. The van der Waals surface area contributed by atoms with Gasteiger partial charge in [0.25, 0.3) is 5.91 Å². The Labute approximate surface area is 151 Å². The summed E-state index contributed by atoms with van der Waals surface area (Å²) in [6.45, 7) is 3.37. The topological polar surface area (TPSA) is 104 Å². The zero-order valence-electron chi connectivity index (χ0n) is 14.8. The van der Waals surface area contributed by atoms with Gasteiger partial charge in [0, 0.05) is 43.2 Å². The number of nitrogens with zero attached hydrogens (tertiary/aromatic N) is 4. The number of aliphatic hydroxyl groups excluding tert-OH is 1. The average molecular weight is 357 g/mol. The number of carbonyl (C=O) groups excluding carboxylic acids is 1. The molecule has 138 valence electrons. The van der Waals surface area contributed by atoms with Crippen molar-refractivity contribution in [2.45, 2.75) is 50.7 Å². The van der Waals surface area contributed by atoms with Crippen molar-refractivity contribution < 1.29 is 14.3 Å². The van der Waals surface area contributed by atoms with Crippen molar-refractivity contribution in [1.29, 1.82) is 0 Å². The number of anilines is 1. The number of hydrogen-bond donors (Lipinski definition) is 2. The Morgan fingerprint density at radius 2 is 2.23 bits per heavy atom. The van der Waals surface area contributed by atoms with E-state index in [2.05, 4.69) is 25.2 Å². The highest BCUT2D eigenvalue weighted by Gasteiger charge is 2.34. The third-order valence-electron chi connectivity index (χ3n) is 5.23. The van der Waals surface area contributed by atoms with Crippen LogP contribution in [0, 0.1) is 0 Å². The predicted octanol–water partition coefficient (Wildman–Crippen LogP) is 1.27. The van der Waals surface area contributed by atoms with Crippen molar-refractivity contribution in [2.75, 3.05) is 18.0 Å². The molecule has 2 aromatic rings. The summed E-state index contributed by atoms with van der Waals surface area (Å²) in [5.74, 6) is 1.63. The number of aromatic nitrogens is 3. The molecule has 1 aliphatic carbocycles. The number of oxazole rings is 1. The smallest absolute Gasteiger partial charge is 0.273 e. The van der Waals surface area contributed by atoms with Crippen LogP contribution in [-0.4, -0.2) is 51.2 Å². The van der Waals surface area contributed by atoms with E-state index in [0.29, 0.717) is 30.3 Å². The highest BCUT2D eigenvalue weighted by Crippen LogP contribution is 2.37. The van der Waals surface area contributed by atoms with Gasteiger partial charge in [-0.3, -0.25) is 4.79 Å². The number of aliphatic hydroxyl groups is 1. The first-order valence-electron chi connectivity index (χ1n) is 9.12. The Hall–Kier alpha value is -2.48. The number of hydrogen-bond acceptors (Lipinski definition) is 7. The minimum absolute atomic E-state index is 0.126. The van der Waals surface area contributed by atoms with E-state index in [-0.39, 0.29) is 18.1 Å². The van der Waals surface area contributed by atoms with Crippen LogP contribution in [0.2, 0.25) is 0 Å². The molecule has 0 spiro atoms. The number of β-amino-alcohol motifs (C(OH)–C–C–N with tert-alkyl or cyclic N) is 1. The van der Waals surface area contributed by atoms with Crippen LogP contribution in [0.3, 0.4) is 0 Å². The second kappa shape index (κ2) is 7.03. The number of nitrogens with one attached hydrogen (secondary N) is 1. The zero-order chi connectivity index (χ0) is 18.1. The minimum Gasteiger partial charge on any atom is -0.448 e. The van der Waals surface area contributed by atoms with E-state index in [0.717, 1.165) is 37.3 Å². The molecule has 3 heterocycles. The van der Waals surface area contributed by atoms with Crippen LogP contribution in [0.15, 0.2) is 23.2 Å². The van der Waals surface area contributed by atoms with Gasteiger partial charge in [-0.05, 0) is 19.3 Å². The molecule has 2 aliphatic rings. The summed E-state index contributed by atoms with van der Waals surface area (Å²) < 4.78 is 5.22. The summed E-state index contributed by atoms with van der Waals surface area (Å²) in [6, 6.07) is 2.13. The van der Waals surface area contributed by atoms with Crippen LogP contribution >= 0.6 is 0 Å². The van der Waals surface area contributed by atoms with Crippen molar-refractivity contribution in [2.24, 2.45) is 0 Å². The third kappa shape index (κ3) is 3.29. The maximum absolute atomic E-state index is 12.3. The van der Waals surface area contributed by atoms with E-state index >= 15 is 0 Å². The number of carbonyl (C=O) groups is 1. The van der Waals surface area contributed by atoms with E-state index in [4.69, 9.17) is 4.42 Å². The molecular weight excluding hydrogens is 334 g/mol. The molecule has 1 saturated heterocycles.